The number of nitrogens with one attached hydrogen (secondary N) is 1. The zero-order chi connectivity index (χ0) is 26.3. The van der Waals surface area contributed by atoms with E-state index in [2.05, 4.69) is 22.1 Å². The van der Waals surface area contributed by atoms with Crippen LogP contribution in [0.2, 0.25) is 0 Å². The highest BCUT2D eigenvalue weighted by Gasteiger charge is 2.38. The molecule has 2 N–H and O–H groups in total. The van der Waals surface area contributed by atoms with Crippen molar-refractivity contribution in [2.45, 2.75) is 44.2 Å². The van der Waals surface area contributed by atoms with Gasteiger partial charge in [0.1, 0.15) is 22.4 Å². The number of pyridine rings is 1. The molecule has 0 radical (unpaired) electrons. The van der Waals surface area contributed by atoms with E-state index in [-0.39, 0.29) is 42.3 Å². The number of fused-ring (bicyclic) bond motifs is 1. The van der Waals surface area contributed by atoms with Crippen LogP contribution in [-0.2, 0) is 10.0 Å². The Morgan fingerprint density at radius 3 is 2.78 bits per heavy atom. The molecule has 10 heteroatoms. The number of urea groups is 1. The molecule has 3 rings (SSSR count). The Bertz CT molecular complexity index is 1210. The first-order valence-electron chi connectivity index (χ1n) is 12.0. The predicted octanol–water partition coefficient (Wildman–Crippen LogP) is 2.30. The minimum Gasteiger partial charge on any atom is -0.487 e. The molecule has 36 heavy (non-hydrogen) atoms. The largest absolute Gasteiger partial charge is 0.487 e. The third-order valence-electron chi connectivity index (χ3n) is 5.99. The zero-order valence-corrected chi connectivity index (χ0v) is 22.0. The topological polar surface area (TPSA) is 112 Å². The molecular formula is C26H34N4O5S. The van der Waals surface area contributed by atoms with Crippen LogP contribution in [0, 0.1) is 17.8 Å². The number of ether oxygens (including phenoxy) is 1. The van der Waals surface area contributed by atoms with Gasteiger partial charge in [0.05, 0.1) is 13.2 Å². The Hall–Kier alpha value is -3.13. The second-order valence-electron chi connectivity index (χ2n) is 8.98. The number of likely N-dealkylation sites (N-methyl/N-ethyl adjacent to an activating group) is 1. The lowest BCUT2D eigenvalue weighted by atomic mass is 10.0. The summed E-state index contributed by atoms with van der Waals surface area (Å²) < 4.78 is 34.8. The van der Waals surface area contributed by atoms with Crippen molar-refractivity contribution in [2.24, 2.45) is 5.92 Å². The summed E-state index contributed by atoms with van der Waals surface area (Å²) in [5, 5.41) is 12.6. The van der Waals surface area contributed by atoms with Gasteiger partial charge in [0, 0.05) is 43.9 Å². The fraction of sp³-hybridized carbons (Fsp3) is 0.462. The highest BCUT2D eigenvalue weighted by atomic mass is 32.2. The Kier molecular flexibility index (Phi) is 9.31. The summed E-state index contributed by atoms with van der Waals surface area (Å²) in [6.45, 7) is 6.15. The molecule has 0 saturated carbocycles. The molecule has 2 amide bonds. The van der Waals surface area contributed by atoms with Crippen molar-refractivity contribution in [1.29, 1.82) is 0 Å². The summed E-state index contributed by atoms with van der Waals surface area (Å²) in [4.78, 5) is 18.2. The van der Waals surface area contributed by atoms with E-state index in [9.17, 15) is 18.3 Å². The van der Waals surface area contributed by atoms with Gasteiger partial charge >= 0.3 is 6.03 Å². The second kappa shape index (κ2) is 12.2. The van der Waals surface area contributed by atoms with E-state index in [1.807, 2.05) is 19.9 Å². The van der Waals surface area contributed by atoms with Crippen molar-refractivity contribution >= 4 is 16.1 Å². The van der Waals surface area contributed by atoms with Crippen molar-refractivity contribution < 1.29 is 23.1 Å². The molecule has 0 spiro atoms. The summed E-state index contributed by atoms with van der Waals surface area (Å²) >= 11 is 0. The van der Waals surface area contributed by atoms with Crippen molar-refractivity contribution in [1.82, 2.24) is 19.5 Å². The number of aromatic nitrogens is 1. The Balaban J connectivity index is 2.01. The van der Waals surface area contributed by atoms with Crippen molar-refractivity contribution in [2.75, 3.05) is 33.3 Å². The Labute approximate surface area is 213 Å². The third-order valence-corrected chi connectivity index (χ3v) is 8.01. The minimum atomic E-state index is -3.96. The first-order valence-corrected chi connectivity index (χ1v) is 13.5. The van der Waals surface area contributed by atoms with Crippen molar-refractivity contribution in [3.05, 3.63) is 53.9 Å². The van der Waals surface area contributed by atoms with Gasteiger partial charge in [-0.1, -0.05) is 25.8 Å². The lowest BCUT2D eigenvalue weighted by Gasteiger charge is -2.37. The number of rotatable bonds is 6. The maximum Gasteiger partial charge on any atom is 0.317 e. The molecule has 1 aromatic carbocycles. The Morgan fingerprint density at radius 1 is 1.33 bits per heavy atom. The van der Waals surface area contributed by atoms with Crippen LogP contribution in [0.4, 0.5) is 4.79 Å². The molecule has 2 heterocycles. The van der Waals surface area contributed by atoms with Crippen LogP contribution in [0.5, 0.6) is 5.75 Å². The van der Waals surface area contributed by atoms with E-state index in [4.69, 9.17) is 4.74 Å². The van der Waals surface area contributed by atoms with Gasteiger partial charge in [-0.2, -0.15) is 4.31 Å². The molecule has 0 bridgehead atoms. The molecule has 1 aliphatic heterocycles. The fourth-order valence-electron chi connectivity index (χ4n) is 3.81. The quantitative estimate of drug-likeness (QED) is 0.572. The van der Waals surface area contributed by atoms with Crippen LogP contribution in [0.25, 0.3) is 0 Å². The average Bonchev–Trinajstić information content (AvgIpc) is 2.88. The summed E-state index contributed by atoms with van der Waals surface area (Å²) in [7, 11) is -2.28. The fourth-order valence-corrected chi connectivity index (χ4v) is 5.64. The van der Waals surface area contributed by atoms with Gasteiger partial charge in [0.2, 0.25) is 10.0 Å². The highest BCUT2D eigenvalue weighted by molar-refractivity contribution is 7.89. The maximum absolute atomic E-state index is 13.6. The van der Waals surface area contributed by atoms with Crippen LogP contribution in [0.15, 0.2) is 47.5 Å². The first-order chi connectivity index (χ1) is 17.2. The predicted molar refractivity (Wildman–Crippen MR) is 137 cm³/mol. The number of hydrogen-bond donors (Lipinski definition) is 2. The van der Waals surface area contributed by atoms with E-state index in [0.717, 1.165) is 6.42 Å². The van der Waals surface area contributed by atoms with E-state index < -0.39 is 22.2 Å². The van der Waals surface area contributed by atoms with Crippen LogP contribution < -0.4 is 10.1 Å². The molecule has 1 aliphatic rings. The van der Waals surface area contributed by atoms with Gasteiger partial charge in [-0.3, -0.25) is 0 Å². The van der Waals surface area contributed by atoms with Gasteiger partial charge in [-0.25, -0.2) is 18.2 Å². The minimum absolute atomic E-state index is 0.00109. The molecule has 0 aliphatic carbocycles. The summed E-state index contributed by atoms with van der Waals surface area (Å²) in [6.07, 6.45) is 1.97. The summed E-state index contributed by atoms with van der Waals surface area (Å²) in [5.74, 6) is 5.87. The normalized spacial score (nSPS) is 19.9. The van der Waals surface area contributed by atoms with E-state index in [1.165, 1.54) is 15.3 Å². The molecule has 3 atom stereocenters. The molecule has 194 valence electrons. The van der Waals surface area contributed by atoms with Crippen LogP contribution >= 0.6 is 0 Å². The smallest absolute Gasteiger partial charge is 0.317 e. The van der Waals surface area contributed by atoms with E-state index in [0.29, 0.717) is 17.8 Å². The van der Waals surface area contributed by atoms with E-state index >= 15 is 0 Å². The number of carbonyl (C=O) groups is 1. The summed E-state index contributed by atoms with van der Waals surface area (Å²) in [6, 6.07) is 9.28. The van der Waals surface area contributed by atoms with Crippen LogP contribution in [0.1, 0.15) is 38.4 Å². The molecule has 9 nitrogen and oxygen atoms in total. The molecule has 1 aromatic heterocycles. The second-order valence-corrected chi connectivity index (χ2v) is 10.8. The lowest BCUT2D eigenvalue weighted by Crippen LogP contribution is -2.51. The van der Waals surface area contributed by atoms with Gasteiger partial charge in [-0.15, -0.1) is 0 Å². The number of aliphatic hydroxyl groups is 1. The molecule has 2 aromatic rings. The number of sulfonamides is 1. The number of aliphatic hydroxyl groups excluding tert-OH is 1. The molecule has 0 unspecified atom stereocenters. The van der Waals surface area contributed by atoms with Crippen molar-refractivity contribution in [3.63, 3.8) is 0 Å². The maximum atomic E-state index is 13.6. The average molecular weight is 515 g/mol. The standard InChI is InChI=1S/C26H34N4O5S/c1-5-13-28-26(32)29(4)17-24-19(2)16-30(20(3)18-31)36(33,34)25-12-10-21(15-23(25)35-24)9-11-22-8-6-7-14-27-22/h6-8,10,12,14-15,19-20,24,31H,5,13,16-18H2,1-4H3,(H,28,32)/t19-,20+,24+/m1/s1. The van der Waals surface area contributed by atoms with Gasteiger partial charge < -0.3 is 20.1 Å². The van der Waals surface area contributed by atoms with E-state index in [1.54, 1.807) is 44.4 Å². The van der Waals surface area contributed by atoms with Gasteiger partial charge in [0.15, 0.2) is 0 Å². The Morgan fingerprint density at radius 2 is 2.11 bits per heavy atom. The van der Waals surface area contributed by atoms with Crippen LogP contribution in [0.3, 0.4) is 0 Å². The number of hydrogen-bond acceptors (Lipinski definition) is 6. The third kappa shape index (κ3) is 6.55. The molecular weight excluding hydrogens is 480 g/mol. The monoisotopic (exact) mass is 514 g/mol. The number of carbonyl (C=O) groups excluding carboxylic acids is 1. The highest BCUT2D eigenvalue weighted by Crippen LogP contribution is 2.34. The summed E-state index contributed by atoms with van der Waals surface area (Å²) in [5.41, 5.74) is 1.16. The SMILES string of the molecule is CCCNC(=O)N(C)C[C@@H]1Oc2cc(C#Cc3ccccn3)ccc2S(=O)(=O)N([C@@H](C)CO)C[C@H]1C. The lowest BCUT2D eigenvalue weighted by molar-refractivity contribution is 0.0812. The zero-order valence-electron chi connectivity index (χ0n) is 21.1. The number of benzene rings is 1. The van der Waals surface area contributed by atoms with Gasteiger partial charge in [-0.05, 0) is 49.6 Å². The van der Waals surface area contributed by atoms with Crippen molar-refractivity contribution in [3.8, 4) is 17.6 Å². The number of amides is 2. The molecule has 0 fully saturated rings. The first kappa shape index (κ1) is 27.5. The molecule has 0 saturated heterocycles. The van der Waals surface area contributed by atoms with Gasteiger partial charge in [0.25, 0.3) is 0 Å². The number of nitrogens with zero attached hydrogens (tertiary/aromatic N) is 3. The van der Waals surface area contributed by atoms with Crippen LogP contribution in [-0.4, -0.2) is 79.2 Å².